The lowest BCUT2D eigenvalue weighted by Gasteiger charge is -2.49. The second kappa shape index (κ2) is 13.8. The third kappa shape index (κ3) is 5.46. The van der Waals surface area contributed by atoms with Crippen molar-refractivity contribution in [1.29, 1.82) is 0 Å². The smallest absolute Gasteiger partial charge is 0.112 e. The van der Waals surface area contributed by atoms with E-state index in [0.717, 1.165) is 0 Å². The first-order valence-corrected chi connectivity index (χ1v) is 19.8. The van der Waals surface area contributed by atoms with Gasteiger partial charge >= 0.3 is 0 Å². The molecule has 8 bridgehead atoms. The van der Waals surface area contributed by atoms with E-state index in [2.05, 4.69) is 42.5 Å². The average Bonchev–Trinajstić information content (AvgIpc) is 3.86. The minimum Gasteiger partial charge on any atom is -0.378 e. The van der Waals surface area contributed by atoms with Crippen LogP contribution in [0.1, 0.15) is 77.0 Å². The van der Waals surface area contributed by atoms with Crippen molar-refractivity contribution in [3.05, 3.63) is 0 Å². The van der Waals surface area contributed by atoms with Crippen molar-refractivity contribution in [2.75, 3.05) is 28.4 Å². The van der Waals surface area contributed by atoms with Gasteiger partial charge in [0.15, 0.2) is 0 Å². The minimum absolute atomic E-state index is 0.0199. The third-order valence-electron chi connectivity index (χ3n) is 15.1. The number of hydrogen-bond acceptors (Lipinski definition) is 12. The molecule has 5 heterocycles. The molecule has 20 unspecified atom stereocenters. The molecule has 9 rings (SSSR count). The molecule has 272 valence electrons. The Hall–Kier alpha value is -0.480. The molecule has 9 fully saturated rings. The van der Waals surface area contributed by atoms with E-state index in [0.29, 0.717) is 60.2 Å². The quantitative estimate of drug-likeness (QED) is 0.218. The summed E-state index contributed by atoms with van der Waals surface area (Å²) in [5.41, 5.74) is 0. The van der Waals surface area contributed by atoms with E-state index in [1.54, 1.807) is 14.2 Å². The topological polar surface area (TPSA) is 133 Å². The maximum atomic E-state index is 6.39. The monoisotopic (exact) mass is 673 g/mol. The van der Waals surface area contributed by atoms with Crippen LogP contribution in [0.4, 0.5) is 0 Å². The third-order valence-corrected chi connectivity index (χ3v) is 15.1. The van der Waals surface area contributed by atoms with Gasteiger partial charge in [-0.25, -0.2) is 0 Å². The Morgan fingerprint density at radius 1 is 0.292 bits per heavy atom. The maximum absolute atomic E-state index is 6.39. The molecule has 4 saturated carbocycles. The fraction of sp³-hybridized carbons (Fsp3) is 1.00. The number of rotatable bonds is 4. The molecule has 8 N–H and O–H groups in total. The van der Waals surface area contributed by atoms with E-state index < -0.39 is 0 Å². The Morgan fingerprint density at radius 2 is 0.500 bits per heavy atom. The molecular weight excluding hydrogens is 608 g/mol. The van der Waals surface area contributed by atoms with Crippen LogP contribution in [0, 0.1) is 47.3 Å². The zero-order chi connectivity index (χ0) is 32.5. The highest BCUT2D eigenvalue weighted by molar-refractivity contribution is 5.14. The summed E-state index contributed by atoms with van der Waals surface area (Å²) in [5, 5.41) is 33.6. The van der Waals surface area contributed by atoms with Crippen LogP contribution in [0.25, 0.3) is 0 Å². The van der Waals surface area contributed by atoms with Gasteiger partial charge in [0.2, 0.25) is 0 Å². The Balaban J connectivity index is 1.10. The van der Waals surface area contributed by atoms with Crippen LogP contribution >= 0.6 is 0 Å². The Morgan fingerprint density at radius 3 is 0.729 bits per heavy atom. The van der Waals surface area contributed by atoms with Crippen molar-refractivity contribution >= 4 is 0 Å². The molecule has 48 heavy (non-hydrogen) atoms. The molecule has 12 nitrogen and oxygen atoms in total. The van der Waals surface area contributed by atoms with Crippen molar-refractivity contribution in [2.45, 2.75) is 151 Å². The summed E-state index contributed by atoms with van der Waals surface area (Å²) in [7, 11) is 7.26. The average molecular weight is 673 g/mol. The first-order chi connectivity index (χ1) is 23.6. The van der Waals surface area contributed by atoms with E-state index in [1.165, 1.54) is 77.0 Å². The number of nitrogens with one attached hydrogen (secondary N) is 8. The van der Waals surface area contributed by atoms with Crippen LogP contribution in [-0.4, -0.2) is 102 Å². The Kier molecular flexibility index (Phi) is 9.60. The summed E-state index contributed by atoms with van der Waals surface area (Å²) < 4.78 is 25.1. The second-order valence-electron chi connectivity index (χ2n) is 16.9. The van der Waals surface area contributed by atoms with E-state index in [-0.39, 0.29) is 60.9 Å². The molecule has 20 atom stereocenters. The van der Waals surface area contributed by atoms with Crippen LogP contribution in [0.15, 0.2) is 0 Å². The predicted octanol–water partition coefficient (Wildman–Crippen LogP) is 1.11. The standard InChI is InChI=1S/C36H64N8O4/c1-45-25-23-24(26(46-2)28(48-4)27(25)47-3)36-43-34-22-16-10-8-14-20(22)32(41-34)39-30-18-12-6-5-11-17(18)29(37-30)38-31-19-13-7-9-15-21(19)33(40-31)42-35(23)44-36/h17-44H,5-16H2,1-4H3. The molecule has 0 amide bonds. The van der Waals surface area contributed by atoms with Crippen LogP contribution < -0.4 is 42.5 Å². The van der Waals surface area contributed by atoms with Crippen LogP contribution in [0.5, 0.6) is 0 Å². The van der Waals surface area contributed by atoms with E-state index in [4.69, 9.17) is 18.9 Å². The fourth-order valence-electron chi connectivity index (χ4n) is 13.1. The minimum atomic E-state index is -0.232. The Labute approximate surface area is 287 Å². The van der Waals surface area contributed by atoms with Crippen LogP contribution in [0.2, 0.25) is 0 Å². The first-order valence-electron chi connectivity index (χ1n) is 19.8. The zero-order valence-electron chi connectivity index (χ0n) is 29.7. The predicted molar refractivity (Wildman–Crippen MR) is 182 cm³/mol. The molecule has 9 aliphatic rings. The van der Waals surface area contributed by atoms with Crippen molar-refractivity contribution < 1.29 is 18.9 Å². The highest BCUT2D eigenvalue weighted by Crippen LogP contribution is 2.47. The SMILES string of the molecule is COC1C(OC)C(OC)C2C3NC4NC(NC5NC(NC6NC(NC(N3)C2C1OC)C1CCCCC61)C1CCCCC51)C1CCCCC41. The molecule has 4 aliphatic carbocycles. The molecule has 0 aromatic rings. The van der Waals surface area contributed by atoms with Crippen LogP contribution in [-0.2, 0) is 18.9 Å². The summed E-state index contributed by atoms with van der Waals surface area (Å²) >= 11 is 0. The second-order valence-corrected chi connectivity index (χ2v) is 16.9. The van der Waals surface area contributed by atoms with Gasteiger partial charge in [-0.15, -0.1) is 0 Å². The van der Waals surface area contributed by atoms with Gasteiger partial charge in [0, 0.05) is 40.3 Å². The van der Waals surface area contributed by atoms with Gasteiger partial charge < -0.3 is 18.9 Å². The number of ether oxygens (including phenoxy) is 4. The van der Waals surface area contributed by atoms with Gasteiger partial charge in [0.25, 0.3) is 0 Å². The summed E-state index contributed by atoms with van der Waals surface area (Å²) in [5.74, 6) is 4.02. The van der Waals surface area contributed by atoms with E-state index in [9.17, 15) is 0 Å². The van der Waals surface area contributed by atoms with Gasteiger partial charge in [-0.05, 0) is 74.0 Å². The van der Waals surface area contributed by atoms with Gasteiger partial charge in [-0.2, -0.15) is 0 Å². The normalized spacial score (nSPS) is 56.2. The lowest BCUT2D eigenvalue weighted by molar-refractivity contribution is -0.215. The van der Waals surface area contributed by atoms with E-state index in [1.807, 2.05) is 14.2 Å². The lowest BCUT2D eigenvalue weighted by Crippen LogP contribution is -2.65. The summed E-state index contributed by atoms with van der Waals surface area (Å²) in [6, 6.07) is 0. The molecule has 0 aromatic heterocycles. The van der Waals surface area contributed by atoms with Gasteiger partial charge in [0.05, 0.1) is 61.5 Å². The lowest BCUT2D eigenvalue weighted by atomic mass is 9.71. The number of hydrogen-bond donors (Lipinski definition) is 8. The molecule has 5 saturated heterocycles. The van der Waals surface area contributed by atoms with Gasteiger partial charge in [0.1, 0.15) is 12.2 Å². The molecule has 5 aliphatic heterocycles. The zero-order valence-corrected chi connectivity index (χ0v) is 29.7. The highest BCUT2D eigenvalue weighted by atomic mass is 16.6. The van der Waals surface area contributed by atoms with Gasteiger partial charge in [-0.1, -0.05) is 38.5 Å². The number of methoxy groups -OCH3 is 4. The molecule has 0 aromatic carbocycles. The largest absolute Gasteiger partial charge is 0.378 e. The van der Waals surface area contributed by atoms with Crippen molar-refractivity contribution in [3.63, 3.8) is 0 Å². The summed E-state index contributed by atoms with van der Waals surface area (Å²) in [4.78, 5) is 0. The van der Waals surface area contributed by atoms with Crippen molar-refractivity contribution in [1.82, 2.24) is 42.5 Å². The highest BCUT2D eigenvalue weighted by Gasteiger charge is 2.62. The molecule has 0 spiro atoms. The summed E-state index contributed by atoms with van der Waals surface area (Å²) in [6.07, 6.45) is 16.7. The van der Waals surface area contributed by atoms with E-state index >= 15 is 0 Å². The maximum Gasteiger partial charge on any atom is 0.112 e. The molecule has 0 radical (unpaired) electrons. The molecular formula is C36H64N8O4. The molecule has 12 heteroatoms. The van der Waals surface area contributed by atoms with Gasteiger partial charge in [-0.3, -0.25) is 42.5 Å². The summed E-state index contributed by atoms with van der Waals surface area (Å²) in [6.45, 7) is 0. The number of fused-ring (bicyclic) bond motifs is 20. The van der Waals surface area contributed by atoms with Crippen LogP contribution in [0.3, 0.4) is 0 Å². The van der Waals surface area contributed by atoms with Crippen molar-refractivity contribution in [3.8, 4) is 0 Å². The Bertz CT molecular complexity index is 1040. The van der Waals surface area contributed by atoms with Crippen molar-refractivity contribution in [2.24, 2.45) is 47.3 Å². The fourth-order valence-corrected chi connectivity index (χ4v) is 13.1. The first kappa shape index (κ1) is 33.4.